The molecule has 1 aromatic heterocycles. The zero-order valence-corrected chi connectivity index (χ0v) is 12.0. The Hall–Kier alpha value is -2.54. The molecule has 0 saturated heterocycles. The maximum atomic E-state index is 12.2. The van der Waals surface area contributed by atoms with Crippen molar-refractivity contribution in [2.75, 3.05) is 17.4 Å². The molecule has 0 fully saturated rings. The number of carbonyl (C=O) groups is 2. The molecule has 1 aromatic carbocycles. The van der Waals surface area contributed by atoms with E-state index in [4.69, 9.17) is 9.47 Å². The number of nitrogens with one attached hydrogen (secondary N) is 2. The van der Waals surface area contributed by atoms with Crippen molar-refractivity contribution in [2.45, 2.75) is 6.92 Å². The van der Waals surface area contributed by atoms with Crippen LogP contribution in [-0.2, 0) is 4.79 Å². The van der Waals surface area contributed by atoms with Crippen molar-refractivity contribution in [3.63, 3.8) is 0 Å². The molecule has 0 atom stereocenters. The molecule has 2 heterocycles. The van der Waals surface area contributed by atoms with Crippen LogP contribution < -0.4 is 20.1 Å². The van der Waals surface area contributed by atoms with Gasteiger partial charge in [-0.1, -0.05) is 0 Å². The molecule has 1 aliphatic rings. The highest BCUT2D eigenvalue weighted by molar-refractivity contribution is 7.14. The van der Waals surface area contributed by atoms with E-state index in [1.165, 1.54) is 18.3 Å². The van der Waals surface area contributed by atoms with Gasteiger partial charge in [0.1, 0.15) is 5.00 Å². The van der Waals surface area contributed by atoms with Crippen LogP contribution in [0, 0.1) is 0 Å². The maximum Gasteiger partial charge on any atom is 0.258 e. The van der Waals surface area contributed by atoms with Gasteiger partial charge in [-0.15, -0.1) is 11.3 Å². The molecule has 2 N–H and O–H groups in total. The summed E-state index contributed by atoms with van der Waals surface area (Å²) in [5, 5.41) is 7.68. The largest absolute Gasteiger partial charge is 0.454 e. The van der Waals surface area contributed by atoms with Crippen LogP contribution in [0.2, 0.25) is 0 Å². The molecule has 0 unspecified atom stereocenters. The molecule has 3 rings (SSSR count). The standard InChI is InChI=1S/C14H12N2O4S/c1-8(17)15-14-10(4-5-21-14)13(18)16-9-2-3-11-12(6-9)20-7-19-11/h2-6H,7H2,1H3,(H,15,17)(H,16,18). The lowest BCUT2D eigenvalue weighted by Crippen LogP contribution is -2.14. The molecule has 1 aliphatic heterocycles. The number of rotatable bonds is 3. The maximum absolute atomic E-state index is 12.2. The Balaban J connectivity index is 1.77. The van der Waals surface area contributed by atoms with Crippen LogP contribution in [0.3, 0.4) is 0 Å². The topological polar surface area (TPSA) is 76.7 Å². The molecule has 2 aromatic rings. The fourth-order valence-corrected chi connectivity index (χ4v) is 2.75. The average molecular weight is 304 g/mol. The van der Waals surface area contributed by atoms with E-state index in [9.17, 15) is 9.59 Å². The first-order valence-corrected chi connectivity index (χ1v) is 7.07. The molecule has 108 valence electrons. The molecule has 0 bridgehead atoms. The van der Waals surface area contributed by atoms with Gasteiger partial charge in [0.15, 0.2) is 11.5 Å². The summed E-state index contributed by atoms with van der Waals surface area (Å²) in [7, 11) is 0. The molecule has 0 spiro atoms. The zero-order valence-electron chi connectivity index (χ0n) is 11.1. The summed E-state index contributed by atoms with van der Waals surface area (Å²) >= 11 is 1.30. The van der Waals surface area contributed by atoms with Gasteiger partial charge >= 0.3 is 0 Å². The number of anilines is 2. The minimum absolute atomic E-state index is 0.184. The Kier molecular flexibility index (Phi) is 3.49. The van der Waals surface area contributed by atoms with E-state index in [-0.39, 0.29) is 18.6 Å². The Labute approximate surface area is 124 Å². The zero-order chi connectivity index (χ0) is 14.8. The second-order valence-corrected chi connectivity index (χ2v) is 5.28. The van der Waals surface area contributed by atoms with Gasteiger partial charge in [-0.25, -0.2) is 0 Å². The third kappa shape index (κ3) is 2.82. The van der Waals surface area contributed by atoms with Crippen LogP contribution >= 0.6 is 11.3 Å². The number of hydrogen-bond donors (Lipinski definition) is 2. The predicted octanol–water partition coefficient (Wildman–Crippen LogP) is 2.69. The van der Waals surface area contributed by atoms with Gasteiger partial charge in [0.05, 0.1) is 5.56 Å². The first kappa shape index (κ1) is 13.4. The van der Waals surface area contributed by atoms with E-state index in [0.717, 1.165) is 0 Å². The number of hydrogen-bond acceptors (Lipinski definition) is 5. The molecule has 7 heteroatoms. The van der Waals surface area contributed by atoms with Crippen LogP contribution in [0.5, 0.6) is 11.5 Å². The smallest absolute Gasteiger partial charge is 0.258 e. The Morgan fingerprint density at radius 3 is 2.76 bits per heavy atom. The quantitative estimate of drug-likeness (QED) is 0.914. The number of thiophene rings is 1. The van der Waals surface area contributed by atoms with Crippen molar-refractivity contribution in [2.24, 2.45) is 0 Å². The minimum atomic E-state index is -0.293. The van der Waals surface area contributed by atoms with E-state index in [2.05, 4.69) is 10.6 Å². The monoisotopic (exact) mass is 304 g/mol. The van der Waals surface area contributed by atoms with Crippen molar-refractivity contribution in [3.8, 4) is 11.5 Å². The molecule has 2 amide bonds. The van der Waals surface area contributed by atoms with Gasteiger partial charge in [-0.2, -0.15) is 0 Å². The molecule has 6 nitrogen and oxygen atoms in total. The van der Waals surface area contributed by atoms with E-state index in [1.807, 2.05) is 0 Å². The van der Waals surface area contributed by atoms with E-state index in [0.29, 0.717) is 27.8 Å². The van der Waals surface area contributed by atoms with E-state index >= 15 is 0 Å². The third-order valence-corrected chi connectivity index (χ3v) is 3.66. The second-order valence-electron chi connectivity index (χ2n) is 4.37. The predicted molar refractivity (Wildman–Crippen MR) is 79.1 cm³/mol. The molecule has 0 saturated carbocycles. The number of benzene rings is 1. The first-order chi connectivity index (χ1) is 10.1. The van der Waals surface area contributed by atoms with Crippen molar-refractivity contribution >= 4 is 33.8 Å². The van der Waals surface area contributed by atoms with E-state index in [1.54, 1.807) is 29.6 Å². The summed E-state index contributed by atoms with van der Waals surface area (Å²) in [6.07, 6.45) is 0. The van der Waals surface area contributed by atoms with Crippen LogP contribution in [-0.4, -0.2) is 18.6 Å². The van der Waals surface area contributed by atoms with Crippen molar-refractivity contribution < 1.29 is 19.1 Å². The summed E-state index contributed by atoms with van der Waals surface area (Å²) in [6.45, 7) is 1.59. The lowest BCUT2D eigenvalue weighted by molar-refractivity contribution is -0.114. The lowest BCUT2D eigenvalue weighted by Gasteiger charge is -2.07. The number of amides is 2. The molecule has 0 aliphatic carbocycles. The highest BCUT2D eigenvalue weighted by atomic mass is 32.1. The molecule has 0 radical (unpaired) electrons. The number of fused-ring (bicyclic) bond motifs is 1. The summed E-state index contributed by atoms with van der Waals surface area (Å²) in [6, 6.07) is 6.83. The van der Waals surface area contributed by atoms with Crippen molar-refractivity contribution in [1.82, 2.24) is 0 Å². The molecule has 21 heavy (non-hydrogen) atoms. The van der Waals surface area contributed by atoms with Gasteiger partial charge in [-0.05, 0) is 23.6 Å². The second kappa shape index (κ2) is 5.45. The molecular weight excluding hydrogens is 292 g/mol. The van der Waals surface area contributed by atoms with Gasteiger partial charge in [-0.3, -0.25) is 9.59 Å². The highest BCUT2D eigenvalue weighted by Crippen LogP contribution is 2.34. The minimum Gasteiger partial charge on any atom is -0.454 e. The van der Waals surface area contributed by atoms with Crippen molar-refractivity contribution in [1.29, 1.82) is 0 Å². The fraction of sp³-hybridized carbons (Fsp3) is 0.143. The Morgan fingerprint density at radius 2 is 1.95 bits per heavy atom. The van der Waals surface area contributed by atoms with E-state index < -0.39 is 0 Å². The number of carbonyl (C=O) groups excluding carboxylic acids is 2. The summed E-state index contributed by atoms with van der Waals surface area (Å²) in [4.78, 5) is 23.4. The number of ether oxygens (including phenoxy) is 2. The van der Waals surface area contributed by atoms with Gasteiger partial charge in [0, 0.05) is 18.7 Å². The SMILES string of the molecule is CC(=O)Nc1sccc1C(=O)Nc1ccc2c(c1)OCO2. The lowest BCUT2D eigenvalue weighted by atomic mass is 10.2. The van der Waals surface area contributed by atoms with Crippen LogP contribution in [0.4, 0.5) is 10.7 Å². The van der Waals surface area contributed by atoms with Gasteiger partial charge in [0.25, 0.3) is 5.91 Å². The van der Waals surface area contributed by atoms with Gasteiger partial charge in [0.2, 0.25) is 12.7 Å². The van der Waals surface area contributed by atoms with Gasteiger partial charge < -0.3 is 20.1 Å². The average Bonchev–Trinajstić information content (AvgIpc) is 3.06. The highest BCUT2D eigenvalue weighted by Gasteiger charge is 2.17. The van der Waals surface area contributed by atoms with Crippen LogP contribution in [0.1, 0.15) is 17.3 Å². The fourth-order valence-electron chi connectivity index (χ4n) is 1.92. The van der Waals surface area contributed by atoms with Crippen LogP contribution in [0.15, 0.2) is 29.6 Å². The summed E-state index contributed by atoms with van der Waals surface area (Å²) in [5.41, 5.74) is 1.03. The van der Waals surface area contributed by atoms with Crippen LogP contribution in [0.25, 0.3) is 0 Å². The Morgan fingerprint density at radius 1 is 1.14 bits per heavy atom. The first-order valence-electron chi connectivity index (χ1n) is 6.19. The van der Waals surface area contributed by atoms with Crippen molar-refractivity contribution in [3.05, 3.63) is 35.2 Å². The third-order valence-electron chi connectivity index (χ3n) is 2.83. The Bertz CT molecular complexity index is 711. The summed E-state index contributed by atoms with van der Waals surface area (Å²) < 4.78 is 10.5. The summed E-state index contributed by atoms with van der Waals surface area (Å²) in [5.74, 6) is 0.746. The normalized spacial score (nSPS) is 12.0. The molecular formula is C14H12N2O4S.